The fourth-order valence-corrected chi connectivity index (χ4v) is 2.10. The Morgan fingerprint density at radius 2 is 2.00 bits per heavy atom. The van der Waals surface area contributed by atoms with E-state index in [-0.39, 0.29) is 0 Å². The number of benzene rings is 1. The van der Waals surface area contributed by atoms with Crippen molar-refractivity contribution in [2.45, 2.75) is 19.4 Å². The van der Waals surface area contributed by atoms with E-state index in [0.29, 0.717) is 0 Å². The normalized spacial score (nSPS) is 10.9. The van der Waals surface area contributed by atoms with Crippen LogP contribution < -0.4 is 4.74 Å². The summed E-state index contributed by atoms with van der Waals surface area (Å²) in [7, 11) is 3.46. The molecule has 3 heteroatoms. The molecule has 3 nitrogen and oxygen atoms in total. The molecule has 17 heavy (non-hydrogen) atoms. The summed E-state index contributed by atoms with van der Waals surface area (Å²) >= 11 is 0. The second-order valence-corrected chi connectivity index (χ2v) is 4.10. The van der Waals surface area contributed by atoms with Crippen molar-refractivity contribution in [2.24, 2.45) is 0 Å². The molecule has 0 fully saturated rings. The van der Waals surface area contributed by atoms with E-state index in [1.54, 1.807) is 14.2 Å². The summed E-state index contributed by atoms with van der Waals surface area (Å²) in [5, 5.41) is 1.18. The molecule has 0 atom stereocenters. The van der Waals surface area contributed by atoms with Gasteiger partial charge < -0.3 is 14.0 Å². The highest BCUT2D eigenvalue weighted by Gasteiger charge is 2.04. The summed E-state index contributed by atoms with van der Waals surface area (Å²) in [5.74, 6) is 0.943. The molecule has 1 aromatic carbocycles. The Morgan fingerprint density at radius 1 is 1.12 bits per heavy atom. The molecule has 2 aromatic rings. The van der Waals surface area contributed by atoms with Crippen LogP contribution in [0.5, 0.6) is 5.75 Å². The van der Waals surface area contributed by atoms with Crippen molar-refractivity contribution < 1.29 is 9.47 Å². The van der Waals surface area contributed by atoms with Crippen molar-refractivity contribution in [3.63, 3.8) is 0 Å². The molecule has 2 rings (SSSR count). The maximum absolute atomic E-state index is 5.35. The highest BCUT2D eigenvalue weighted by molar-refractivity contribution is 5.86. The Kier molecular flexibility index (Phi) is 4.04. The van der Waals surface area contributed by atoms with Crippen molar-refractivity contribution in [3.8, 4) is 5.75 Å². The molecule has 0 bridgehead atoms. The molecular weight excluding hydrogens is 214 g/mol. The molecule has 92 valence electrons. The lowest BCUT2D eigenvalue weighted by molar-refractivity contribution is 0.191. The number of aromatic nitrogens is 1. The maximum Gasteiger partial charge on any atom is 0.128 e. The van der Waals surface area contributed by atoms with E-state index in [9.17, 15) is 0 Å². The Labute approximate surface area is 102 Å². The van der Waals surface area contributed by atoms with Crippen LogP contribution in [0.15, 0.2) is 30.5 Å². The minimum atomic E-state index is 0.836. The molecule has 0 N–H and O–H groups in total. The van der Waals surface area contributed by atoms with Gasteiger partial charge in [-0.2, -0.15) is 0 Å². The molecule has 0 aliphatic heterocycles. The monoisotopic (exact) mass is 233 g/mol. The van der Waals surface area contributed by atoms with Crippen LogP contribution in [0, 0.1) is 0 Å². The third-order valence-corrected chi connectivity index (χ3v) is 2.99. The highest BCUT2D eigenvalue weighted by Crippen LogP contribution is 2.26. The van der Waals surface area contributed by atoms with Gasteiger partial charge in [-0.15, -0.1) is 0 Å². The molecule has 0 saturated carbocycles. The van der Waals surface area contributed by atoms with Crippen LogP contribution >= 0.6 is 0 Å². The minimum absolute atomic E-state index is 0.836. The predicted octanol–water partition coefficient (Wildman–Crippen LogP) is 3.08. The van der Waals surface area contributed by atoms with E-state index in [1.807, 2.05) is 12.1 Å². The molecule has 0 aliphatic rings. The number of nitrogens with zero attached hydrogens (tertiary/aromatic N) is 1. The van der Waals surface area contributed by atoms with Crippen molar-refractivity contribution in [3.05, 3.63) is 30.5 Å². The first-order chi connectivity index (χ1) is 8.36. The van der Waals surface area contributed by atoms with Gasteiger partial charge in [-0.3, -0.25) is 0 Å². The topological polar surface area (TPSA) is 23.4 Å². The number of ether oxygens (including phenoxy) is 2. The summed E-state index contributed by atoms with van der Waals surface area (Å²) in [4.78, 5) is 0. The lowest BCUT2D eigenvalue weighted by Crippen LogP contribution is -1.98. The Balaban J connectivity index is 2.13. The second kappa shape index (κ2) is 5.73. The SMILES string of the molecule is COCCCCn1ccc2c(OC)cccc21. The largest absolute Gasteiger partial charge is 0.496 e. The molecular formula is C14H19NO2. The van der Waals surface area contributed by atoms with Gasteiger partial charge in [0, 0.05) is 31.8 Å². The van der Waals surface area contributed by atoms with Gasteiger partial charge >= 0.3 is 0 Å². The number of unbranched alkanes of at least 4 members (excludes halogenated alkanes) is 1. The zero-order chi connectivity index (χ0) is 12.1. The van der Waals surface area contributed by atoms with Crippen LogP contribution in [0.4, 0.5) is 0 Å². The number of methoxy groups -OCH3 is 2. The van der Waals surface area contributed by atoms with Gasteiger partial charge in [-0.25, -0.2) is 0 Å². The molecule has 1 heterocycles. The summed E-state index contributed by atoms with van der Waals surface area (Å²) in [6.07, 6.45) is 4.36. The third kappa shape index (κ3) is 2.61. The quantitative estimate of drug-likeness (QED) is 0.716. The standard InChI is InChI=1S/C14H19NO2/c1-16-11-4-3-9-15-10-8-12-13(15)6-5-7-14(12)17-2/h5-8,10H,3-4,9,11H2,1-2H3. The zero-order valence-electron chi connectivity index (χ0n) is 10.5. The fourth-order valence-electron chi connectivity index (χ4n) is 2.10. The lowest BCUT2D eigenvalue weighted by atomic mass is 10.2. The first-order valence-electron chi connectivity index (χ1n) is 5.97. The molecule has 0 saturated heterocycles. The third-order valence-electron chi connectivity index (χ3n) is 2.99. The van der Waals surface area contributed by atoms with E-state index in [0.717, 1.165) is 31.7 Å². The second-order valence-electron chi connectivity index (χ2n) is 4.10. The van der Waals surface area contributed by atoms with Crippen LogP contribution in [-0.4, -0.2) is 25.4 Å². The fraction of sp³-hybridized carbons (Fsp3) is 0.429. The summed E-state index contributed by atoms with van der Waals surface area (Å²) in [6.45, 7) is 1.86. The first-order valence-corrected chi connectivity index (χ1v) is 5.97. The van der Waals surface area contributed by atoms with Gasteiger partial charge in [-0.1, -0.05) is 6.07 Å². The van der Waals surface area contributed by atoms with Gasteiger partial charge in [0.2, 0.25) is 0 Å². The lowest BCUT2D eigenvalue weighted by Gasteiger charge is -2.06. The summed E-state index contributed by atoms with van der Waals surface area (Å²) in [5.41, 5.74) is 1.24. The van der Waals surface area contributed by atoms with Crippen LogP contribution in [0.2, 0.25) is 0 Å². The number of hydrogen-bond donors (Lipinski definition) is 0. The molecule has 0 aliphatic carbocycles. The Morgan fingerprint density at radius 3 is 2.76 bits per heavy atom. The average molecular weight is 233 g/mol. The van der Waals surface area contributed by atoms with Crippen molar-refractivity contribution >= 4 is 10.9 Å². The van der Waals surface area contributed by atoms with E-state index < -0.39 is 0 Å². The van der Waals surface area contributed by atoms with Crippen LogP contribution in [0.1, 0.15) is 12.8 Å². The van der Waals surface area contributed by atoms with Gasteiger partial charge in [0.15, 0.2) is 0 Å². The van der Waals surface area contributed by atoms with Gasteiger partial charge in [-0.05, 0) is 31.0 Å². The Hall–Kier alpha value is -1.48. The van der Waals surface area contributed by atoms with Gasteiger partial charge in [0.25, 0.3) is 0 Å². The van der Waals surface area contributed by atoms with Gasteiger partial charge in [0.05, 0.1) is 12.6 Å². The Bertz CT molecular complexity index is 476. The number of rotatable bonds is 6. The van der Waals surface area contributed by atoms with Crippen LogP contribution in [-0.2, 0) is 11.3 Å². The molecule has 0 unspecified atom stereocenters. The maximum atomic E-state index is 5.35. The zero-order valence-corrected chi connectivity index (χ0v) is 10.5. The van der Waals surface area contributed by atoms with Gasteiger partial charge in [0.1, 0.15) is 5.75 Å². The number of aryl methyl sites for hydroxylation is 1. The van der Waals surface area contributed by atoms with Crippen LogP contribution in [0.3, 0.4) is 0 Å². The molecule has 1 aromatic heterocycles. The molecule has 0 radical (unpaired) electrons. The predicted molar refractivity (Wildman–Crippen MR) is 69.6 cm³/mol. The van der Waals surface area contributed by atoms with E-state index >= 15 is 0 Å². The van der Waals surface area contributed by atoms with Crippen molar-refractivity contribution in [1.29, 1.82) is 0 Å². The van der Waals surface area contributed by atoms with Crippen molar-refractivity contribution in [1.82, 2.24) is 4.57 Å². The van der Waals surface area contributed by atoms with E-state index in [2.05, 4.69) is 22.9 Å². The van der Waals surface area contributed by atoms with Crippen molar-refractivity contribution in [2.75, 3.05) is 20.8 Å². The smallest absolute Gasteiger partial charge is 0.128 e. The summed E-state index contributed by atoms with van der Waals surface area (Å²) < 4.78 is 12.7. The molecule has 0 amide bonds. The number of fused-ring (bicyclic) bond motifs is 1. The average Bonchev–Trinajstić information content (AvgIpc) is 2.78. The molecule has 0 spiro atoms. The first kappa shape index (κ1) is 12.0. The highest BCUT2D eigenvalue weighted by atomic mass is 16.5. The minimum Gasteiger partial charge on any atom is -0.496 e. The van der Waals surface area contributed by atoms with Crippen LogP contribution in [0.25, 0.3) is 10.9 Å². The van der Waals surface area contributed by atoms with E-state index in [1.165, 1.54) is 10.9 Å². The number of hydrogen-bond acceptors (Lipinski definition) is 2. The van der Waals surface area contributed by atoms with E-state index in [4.69, 9.17) is 9.47 Å². The summed E-state index contributed by atoms with van der Waals surface area (Å²) in [6, 6.07) is 8.28.